The number of hydrogen-bond donors (Lipinski definition) is 1. The molecule has 11 heteroatoms. The van der Waals surface area contributed by atoms with Crippen LogP contribution in [-0.2, 0) is 32.6 Å². The highest BCUT2D eigenvalue weighted by Gasteiger charge is 2.31. The maximum absolute atomic E-state index is 14.0. The summed E-state index contributed by atoms with van der Waals surface area (Å²) >= 11 is 6.12. The molecular weight excluding hydrogens is 602 g/mol. The van der Waals surface area contributed by atoms with Crippen LogP contribution in [0.4, 0.5) is 5.69 Å². The van der Waals surface area contributed by atoms with Crippen molar-refractivity contribution in [3.05, 3.63) is 88.9 Å². The van der Waals surface area contributed by atoms with Crippen LogP contribution in [0.15, 0.2) is 72.8 Å². The molecule has 0 saturated heterocycles. The first kappa shape index (κ1) is 33.1. The lowest BCUT2D eigenvalue weighted by molar-refractivity contribution is -0.141. The Kier molecular flexibility index (Phi) is 11.5. The molecule has 1 aliphatic rings. The fourth-order valence-electron chi connectivity index (χ4n) is 4.97. The molecule has 3 aromatic rings. The Bertz CT molecular complexity index is 1520. The first-order valence-electron chi connectivity index (χ1n) is 14.8. The smallest absolute Gasteiger partial charge is 0.243 e. The summed E-state index contributed by atoms with van der Waals surface area (Å²) in [5.74, 6) is 0.542. The fraction of sp³-hybridized carbons (Fsp3) is 0.394. The van der Waals surface area contributed by atoms with Crippen molar-refractivity contribution in [2.45, 2.75) is 58.2 Å². The van der Waals surface area contributed by atoms with Crippen LogP contribution in [0.1, 0.15) is 44.2 Å². The number of sulfonamides is 1. The molecule has 0 bridgehead atoms. The third-order valence-corrected chi connectivity index (χ3v) is 8.95. The molecule has 0 spiro atoms. The minimum atomic E-state index is -3.67. The number of nitrogens with one attached hydrogen (secondary N) is 1. The van der Waals surface area contributed by atoms with Gasteiger partial charge in [-0.25, -0.2) is 8.42 Å². The Balaban J connectivity index is 1.58. The molecule has 44 heavy (non-hydrogen) atoms. The number of halogens is 1. The number of carbonyl (C=O) groups excluding carboxylic acids is 2. The van der Waals surface area contributed by atoms with Gasteiger partial charge in [0.05, 0.1) is 11.9 Å². The van der Waals surface area contributed by atoms with Crippen LogP contribution in [0.3, 0.4) is 0 Å². The van der Waals surface area contributed by atoms with Gasteiger partial charge in [-0.1, -0.05) is 61.0 Å². The number of rotatable bonds is 14. The monoisotopic (exact) mass is 641 g/mol. The number of anilines is 1. The maximum atomic E-state index is 14.0. The summed E-state index contributed by atoms with van der Waals surface area (Å²) in [4.78, 5) is 29.3. The van der Waals surface area contributed by atoms with E-state index < -0.39 is 16.1 Å². The third kappa shape index (κ3) is 9.12. The molecule has 0 aliphatic carbocycles. The molecule has 9 nitrogen and oxygen atoms in total. The van der Waals surface area contributed by atoms with E-state index in [0.29, 0.717) is 41.8 Å². The molecular formula is C33H40ClN3O6S. The highest BCUT2D eigenvalue weighted by molar-refractivity contribution is 7.92. The van der Waals surface area contributed by atoms with Gasteiger partial charge in [0.25, 0.3) is 0 Å². The number of amides is 2. The van der Waals surface area contributed by atoms with Gasteiger partial charge in [0.1, 0.15) is 19.3 Å². The van der Waals surface area contributed by atoms with Crippen LogP contribution in [0.5, 0.6) is 11.5 Å². The van der Waals surface area contributed by atoms with Crippen LogP contribution < -0.4 is 19.1 Å². The molecule has 0 unspecified atom stereocenters. The van der Waals surface area contributed by atoms with E-state index in [-0.39, 0.29) is 43.8 Å². The van der Waals surface area contributed by atoms with Crippen LogP contribution in [0.2, 0.25) is 5.02 Å². The van der Waals surface area contributed by atoms with Crippen LogP contribution >= 0.6 is 11.6 Å². The van der Waals surface area contributed by atoms with E-state index >= 15 is 0 Å². The predicted octanol–water partition coefficient (Wildman–Crippen LogP) is 5.21. The van der Waals surface area contributed by atoms with Gasteiger partial charge in [0, 0.05) is 43.1 Å². The zero-order chi connectivity index (χ0) is 31.7. The summed E-state index contributed by atoms with van der Waals surface area (Å²) in [6, 6.07) is 20.9. The Labute approximate surface area is 265 Å². The lowest BCUT2D eigenvalue weighted by atomic mass is 10.0. The molecule has 2 atom stereocenters. The second kappa shape index (κ2) is 15.3. The summed E-state index contributed by atoms with van der Waals surface area (Å²) in [5, 5.41) is 3.63. The predicted molar refractivity (Wildman–Crippen MR) is 173 cm³/mol. The van der Waals surface area contributed by atoms with E-state index in [9.17, 15) is 18.0 Å². The lowest BCUT2D eigenvalue weighted by Gasteiger charge is -2.33. The van der Waals surface area contributed by atoms with Gasteiger partial charge < -0.3 is 19.7 Å². The summed E-state index contributed by atoms with van der Waals surface area (Å²) in [6.07, 6.45) is 2.48. The van der Waals surface area contributed by atoms with Gasteiger partial charge in [-0.2, -0.15) is 0 Å². The summed E-state index contributed by atoms with van der Waals surface area (Å²) < 4.78 is 38.1. The summed E-state index contributed by atoms with van der Waals surface area (Å²) in [7, 11) is -3.67. The number of hydrogen-bond acceptors (Lipinski definition) is 6. The minimum absolute atomic E-state index is 0.0338. The third-order valence-electron chi connectivity index (χ3n) is 7.50. The van der Waals surface area contributed by atoms with Gasteiger partial charge in [-0.05, 0) is 55.2 Å². The standard InChI is InChI=1S/C33H40ClN3O6S/c1-4-24(2)35-33(39)29(21-25-9-6-5-7-10-25)36(23-26-12-14-27(34)15-13-26)32(38)11-8-18-37(44(3,40)41)28-16-17-30-31(22-28)43-20-19-42-30/h5-7,9-10,12-17,22,24,29H,4,8,11,18-21,23H2,1-3H3,(H,35,39)/t24-,29+/m0/s1. The highest BCUT2D eigenvalue weighted by Crippen LogP contribution is 2.35. The molecule has 1 heterocycles. The van der Waals surface area contributed by atoms with E-state index in [1.165, 1.54) is 4.31 Å². The molecule has 3 aromatic carbocycles. The molecule has 1 aliphatic heterocycles. The van der Waals surface area contributed by atoms with Crippen LogP contribution in [0, 0.1) is 0 Å². The number of ether oxygens (including phenoxy) is 2. The second-order valence-corrected chi connectivity index (χ2v) is 13.3. The van der Waals surface area contributed by atoms with E-state index in [1.807, 2.05) is 56.3 Å². The number of nitrogens with zero attached hydrogens (tertiary/aromatic N) is 2. The normalized spacial score (nSPS) is 13.9. The second-order valence-electron chi connectivity index (χ2n) is 10.9. The molecule has 0 aromatic heterocycles. The molecule has 0 fully saturated rings. The van der Waals surface area contributed by atoms with Gasteiger partial charge in [0.15, 0.2) is 11.5 Å². The summed E-state index contributed by atoms with van der Waals surface area (Å²) in [5.41, 5.74) is 2.18. The maximum Gasteiger partial charge on any atom is 0.243 e. The van der Waals surface area contributed by atoms with Gasteiger partial charge in [-0.3, -0.25) is 13.9 Å². The molecule has 236 valence electrons. The number of fused-ring (bicyclic) bond motifs is 1. The molecule has 0 radical (unpaired) electrons. The first-order valence-corrected chi connectivity index (χ1v) is 17.0. The van der Waals surface area contributed by atoms with Crippen molar-refractivity contribution in [1.29, 1.82) is 0 Å². The Hall–Kier alpha value is -3.76. The Morgan fingerprint density at radius 1 is 0.955 bits per heavy atom. The molecule has 0 saturated carbocycles. The van der Waals surface area contributed by atoms with E-state index in [2.05, 4.69) is 5.32 Å². The van der Waals surface area contributed by atoms with Crippen molar-refractivity contribution in [3.8, 4) is 11.5 Å². The van der Waals surface area contributed by atoms with Crippen molar-refractivity contribution in [1.82, 2.24) is 10.2 Å². The molecule has 1 N–H and O–H groups in total. The van der Waals surface area contributed by atoms with Crippen LogP contribution in [0.25, 0.3) is 0 Å². The van der Waals surface area contributed by atoms with Crippen molar-refractivity contribution in [3.63, 3.8) is 0 Å². The van der Waals surface area contributed by atoms with Gasteiger partial charge in [-0.15, -0.1) is 0 Å². The zero-order valence-corrected chi connectivity index (χ0v) is 26.9. The van der Waals surface area contributed by atoms with Gasteiger partial charge in [0.2, 0.25) is 21.8 Å². The van der Waals surface area contributed by atoms with Gasteiger partial charge >= 0.3 is 0 Å². The largest absolute Gasteiger partial charge is 0.486 e. The van der Waals surface area contributed by atoms with E-state index in [0.717, 1.165) is 23.8 Å². The average Bonchev–Trinajstić information content (AvgIpc) is 3.01. The molecule has 4 rings (SSSR count). The quantitative estimate of drug-likeness (QED) is 0.259. The zero-order valence-electron chi connectivity index (χ0n) is 25.4. The van der Waals surface area contributed by atoms with Crippen molar-refractivity contribution in [2.75, 3.05) is 30.3 Å². The number of carbonyl (C=O) groups is 2. The van der Waals surface area contributed by atoms with Crippen LogP contribution in [-0.4, -0.2) is 63.2 Å². The lowest BCUT2D eigenvalue weighted by Crippen LogP contribution is -2.52. The first-order chi connectivity index (χ1) is 21.0. The van der Waals surface area contributed by atoms with E-state index in [4.69, 9.17) is 21.1 Å². The fourth-order valence-corrected chi connectivity index (χ4v) is 6.06. The average molecular weight is 642 g/mol. The SMILES string of the molecule is CC[C@H](C)NC(=O)[C@@H](Cc1ccccc1)N(Cc1ccc(Cl)cc1)C(=O)CCCN(c1ccc2c(c1)OCCO2)S(C)(=O)=O. The Morgan fingerprint density at radius 3 is 2.30 bits per heavy atom. The summed E-state index contributed by atoms with van der Waals surface area (Å²) in [6.45, 7) is 4.99. The van der Waals surface area contributed by atoms with Crippen molar-refractivity contribution >= 4 is 39.1 Å². The minimum Gasteiger partial charge on any atom is -0.486 e. The highest BCUT2D eigenvalue weighted by atomic mass is 35.5. The van der Waals surface area contributed by atoms with Crippen molar-refractivity contribution < 1.29 is 27.5 Å². The number of benzene rings is 3. The Morgan fingerprint density at radius 2 is 1.64 bits per heavy atom. The topological polar surface area (TPSA) is 105 Å². The van der Waals surface area contributed by atoms with E-state index in [1.54, 1.807) is 35.2 Å². The molecule has 2 amide bonds. The van der Waals surface area contributed by atoms with Crippen molar-refractivity contribution in [2.24, 2.45) is 0 Å².